The number of nitrogens with one attached hydrogen (secondary N) is 1. The highest BCUT2D eigenvalue weighted by Gasteiger charge is 2.12. The Balaban J connectivity index is 2.73. The van der Waals surface area contributed by atoms with Crippen molar-refractivity contribution in [2.75, 3.05) is 5.88 Å². The number of H-pyrrole nitrogens is 1. The molecule has 2 rings (SSSR count). The first-order chi connectivity index (χ1) is 6.74. The normalized spacial score (nSPS) is 10.7. The van der Waals surface area contributed by atoms with Gasteiger partial charge in [0.15, 0.2) is 5.78 Å². The van der Waals surface area contributed by atoms with E-state index in [1.165, 1.54) is 0 Å². The van der Waals surface area contributed by atoms with Gasteiger partial charge in [-0.1, -0.05) is 0 Å². The van der Waals surface area contributed by atoms with Crippen molar-refractivity contribution in [1.82, 2.24) is 9.97 Å². The van der Waals surface area contributed by atoms with Crippen molar-refractivity contribution in [2.45, 2.75) is 6.92 Å². The van der Waals surface area contributed by atoms with E-state index in [2.05, 4.69) is 9.97 Å². The number of ketones is 1. The quantitative estimate of drug-likeness (QED) is 0.608. The van der Waals surface area contributed by atoms with Gasteiger partial charge in [0, 0.05) is 23.3 Å². The fraction of sp³-hybridized carbons (Fsp3) is 0.200. The molecule has 0 unspecified atom stereocenters. The summed E-state index contributed by atoms with van der Waals surface area (Å²) < 4.78 is 0. The van der Waals surface area contributed by atoms with E-state index in [1.54, 1.807) is 12.4 Å². The van der Waals surface area contributed by atoms with Gasteiger partial charge in [0.1, 0.15) is 5.65 Å². The standard InChI is InChI=1S/C10H9ClN2O/c1-6-2-3-12-10-9(6)7(5-13-10)8(14)4-11/h2-3,5H,4H2,1H3,(H,12,13). The zero-order valence-electron chi connectivity index (χ0n) is 7.67. The fourth-order valence-corrected chi connectivity index (χ4v) is 1.66. The molecule has 0 atom stereocenters. The summed E-state index contributed by atoms with van der Waals surface area (Å²) in [5, 5.41) is 0.873. The molecule has 3 nitrogen and oxygen atoms in total. The Morgan fingerprint density at radius 1 is 1.64 bits per heavy atom. The molecule has 0 saturated carbocycles. The number of halogens is 1. The molecule has 72 valence electrons. The molecule has 2 aromatic heterocycles. The summed E-state index contributed by atoms with van der Waals surface area (Å²) >= 11 is 5.51. The van der Waals surface area contributed by atoms with Crippen LogP contribution in [0.1, 0.15) is 15.9 Å². The maximum atomic E-state index is 11.5. The lowest BCUT2D eigenvalue weighted by Gasteiger charge is -1.97. The van der Waals surface area contributed by atoms with Gasteiger partial charge in [0.2, 0.25) is 0 Å². The van der Waals surface area contributed by atoms with E-state index in [0.717, 1.165) is 16.6 Å². The fourth-order valence-electron chi connectivity index (χ4n) is 1.51. The highest BCUT2D eigenvalue weighted by atomic mass is 35.5. The Kier molecular flexibility index (Phi) is 2.25. The van der Waals surface area contributed by atoms with Crippen molar-refractivity contribution in [3.8, 4) is 0 Å². The molecule has 0 amide bonds. The van der Waals surface area contributed by atoms with E-state index in [0.29, 0.717) is 5.56 Å². The van der Waals surface area contributed by atoms with Crippen LogP contribution in [0.15, 0.2) is 18.5 Å². The number of hydrogen-bond donors (Lipinski definition) is 1. The maximum Gasteiger partial charge on any atom is 0.179 e. The van der Waals surface area contributed by atoms with Gasteiger partial charge in [-0.2, -0.15) is 0 Å². The molecular weight excluding hydrogens is 200 g/mol. The lowest BCUT2D eigenvalue weighted by atomic mass is 10.1. The number of carbonyl (C=O) groups excluding carboxylic acids is 1. The minimum absolute atomic E-state index is 0.00128. The van der Waals surface area contributed by atoms with Gasteiger partial charge in [0.25, 0.3) is 0 Å². The Hall–Kier alpha value is -1.35. The van der Waals surface area contributed by atoms with Crippen molar-refractivity contribution in [1.29, 1.82) is 0 Å². The minimum Gasteiger partial charge on any atom is -0.345 e. The Morgan fingerprint density at radius 2 is 2.43 bits per heavy atom. The summed E-state index contributed by atoms with van der Waals surface area (Å²) in [5.74, 6) is -0.0737. The highest BCUT2D eigenvalue weighted by Crippen LogP contribution is 2.20. The Bertz CT molecular complexity index is 490. The number of pyridine rings is 1. The number of nitrogens with zero attached hydrogens (tertiary/aromatic N) is 1. The highest BCUT2D eigenvalue weighted by molar-refractivity contribution is 6.32. The maximum absolute atomic E-state index is 11.5. The summed E-state index contributed by atoms with van der Waals surface area (Å²) in [6.07, 6.45) is 3.37. The lowest BCUT2D eigenvalue weighted by molar-refractivity contribution is 0.102. The lowest BCUT2D eigenvalue weighted by Crippen LogP contribution is -1.99. The molecule has 0 saturated heterocycles. The zero-order chi connectivity index (χ0) is 10.1. The first-order valence-electron chi connectivity index (χ1n) is 4.26. The molecule has 0 aromatic carbocycles. The number of carbonyl (C=O) groups is 1. The van der Waals surface area contributed by atoms with Crippen LogP contribution in [0.5, 0.6) is 0 Å². The number of aromatic nitrogens is 2. The molecule has 0 radical (unpaired) electrons. The number of hydrogen-bond acceptors (Lipinski definition) is 2. The van der Waals surface area contributed by atoms with Gasteiger partial charge in [-0.25, -0.2) is 4.98 Å². The second-order valence-corrected chi connectivity index (χ2v) is 3.38. The topological polar surface area (TPSA) is 45.8 Å². The Labute approximate surface area is 86.1 Å². The number of aromatic amines is 1. The van der Waals surface area contributed by atoms with Gasteiger partial charge in [0.05, 0.1) is 5.88 Å². The molecule has 0 spiro atoms. The predicted octanol–water partition coefficient (Wildman–Crippen LogP) is 2.29. The summed E-state index contributed by atoms with van der Waals surface area (Å²) in [7, 11) is 0. The second kappa shape index (κ2) is 3.42. The molecule has 1 N–H and O–H groups in total. The summed E-state index contributed by atoms with van der Waals surface area (Å²) in [4.78, 5) is 18.5. The smallest absolute Gasteiger partial charge is 0.179 e. The van der Waals surface area contributed by atoms with E-state index in [9.17, 15) is 4.79 Å². The molecule has 0 fully saturated rings. The molecular formula is C10H9ClN2O. The van der Waals surface area contributed by atoms with Gasteiger partial charge >= 0.3 is 0 Å². The van der Waals surface area contributed by atoms with Gasteiger partial charge in [-0.15, -0.1) is 11.6 Å². The van der Waals surface area contributed by atoms with Crippen molar-refractivity contribution in [3.05, 3.63) is 29.6 Å². The summed E-state index contributed by atoms with van der Waals surface area (Å²) in [6.45, 7) is 1.95. The number of alkyl halides is 1. The van der Waals surface area contributed by atoms with Crippen LogP contribution >= 0.6 is 11.6 Å². The minimum atomic E-state index is -0.0750. The molecule has 2 heterocycles. The van der Waals surface area contributed by atoms with E-state index in [4.69, 9.17) is 11.6 Å². The van der Waals surface area contributed by atoms with Crippen LogP contribution < -0.4 is 0 Å². The van der Waals surface area contributed by atoms with Crippen molar-refractivity contribution < 1.29 is 4.79 Å². The molecule has 0 aliphatic carbocycles. The van der Waals surface area contributed by atoms with Gasteiger partial charge in [-0.05, 0) is 18.6 Å². The molecule has 0 bridgehead atoms. The average molecular weight is 209 g/mol. The third-order valence-electron chi connectivity index (χ3n) is 2.20. The van der Waals surface area contributed by atoms with Gasteiger partial charge < -0.3 is 4.98 Å². The SMILES string of the molecule is Cc1ccnc2[nH]cc(C(=O)CCl)c12. The first-order valence-corrected chi connectivity index (χ1v) is 4.79. The number of rotatable bonds is 2. The molecule has 4 heteroatoms. The molecule has 0 aliphatic heterocycles. The zero-order valence-corrected chi connectivity index (χ0v) is 8.43. The van der Waals surface area contributed by atoms with Crippen LogP contribution in [0.2, 0.25) is 0 Å². The van der Waals surface area contributed by atoms with Gasteiger partial charge in [-0.3, -0.25) is 4.79 Å². The third kappa shape index (κ3) is 1.30. The average Bonchev–Trinajstić information content (AvgIpc) is 2.62. The first kappa shape index (κ1) is 9.21. The number of fused-ring (bicyclic) bond motifs is 1. The predicted molar refractivity (Wildman–Crippen MR) is 55.9 cm³/mol. The molecule has 2 aromatic rings. The van der Waals surface area contributed by atoms with Crippen molar-refractivity contribution in [3.63, 3.8) is 0 Å². The second-order valence-electron chi connectivity index (χ2n) is 3.11. The van der Waals surface area contributed by atoms with Crippen molar-refractivity contribution >= 4 is 28.4 Å². The van der Waals surface area contributed by atoms with E-state index >= 15 is 0 Å². The number of aryl methyl sites for hydroxylation is 1. The number of Topliss-reactive ketones (excluding diaryl/α,β-unsaturated/α-hetero) is 1. The Morgan fingerprint density at radius 3 is 3.14 bits per heavy atom. The van der Waals surface area contributed by atoms with Crippen LogP contribution in [-0.2, 0) is 0 Å². The summed E-state index contributed by atoms with van der Waals surface area (Å²) in [6, 6.07) is 1.88. The monoisotopic (exact) mass is 208 g/mol. The third-order valence-corrected chi connectivity index (χ3v) is 2.45. The molecule has 14 heavy (non-hydrogen) atoms. The largest absolute Gasteiger partial charge is 0.345 e. The molecule has 0 aliphatic rings. The van der Waals surface area contributed by atoms with Crippen LogP contribution in [0, 0.1) is 6.92 Å². The van der Waals surface area contributed by atoms with E-state index in [-0.39, 0.29) is 11.7 Å². The van der Waals surface area contributed by atoms with Crippen LogP contribution in [-0.4, -0.2) is 21.6 Å². The van der Waals surface area contributed by atoms with Crippen LogP contribution in [0.3, 0.4) is 0 Å². The van der Waals surface area contributed by atoms with Crippen LogP contribution in [0.25, 0.3) is 11.0 Å². The van der Waals surface area contributed by atoms with Crippen molar-refractivity contribution in [2.24, 2.45) is 0 Å². The van der Waals surface area contributed by atoms with Crippen LogP contribution in [0.4, 0.5) is 0 Å². The van der Waals surface area contributed by atoms with E-state index in [1.807, 2.05) is 13.0 Å². The van der Waals surface area contributed by atoms with E-state index < -0.39 is 0 Å². The summed E-state index contributed by atoms with van der Waals surface area (Å²) in [5.41, 5.74) is 2.39.